The Kier molecular flexibility index (Phi) is 7.50. The number of ether oxygens (including phenoxy) is 1. The van der Waals surface area contributed by atoms with Gasteiger partial charge in [-0.2, -0.15) is 0 Å². The highest BCUT2D eigenvalue weighted by Gasteiger charge is 2.05. The fourth-order valence-electron chi connectivity index (χ4n) is 2.43. The summed E-state index contributed by atoms with van der Waals surface area (Å²) < 4.78 is 6.84. The number of aromatic amines is 1. The summed E-state index contributed by atoms with van der Waals surface area (Å²) in [6, 6.07) is 6.08. The average molecular weight is 365 g/mol. The van der Waals surface area contributed by atoms with Crippen molar-refractivity contribution in [1.29, 1.82) is 0 Å². The Balaban J connectivity index is 1.70. The molecule has 0 saturated carbocycles. The van der Waals surface area contributed by atoms with Gasteiger partial charge >= 0.3 is 0 Å². The minimum Gasteiger partial charge on any atom is -0.492 e. The molecule has 1 N–H and O–H groups in total. The van der Waals surface area contributed by atoms with Gasteiger partial charge in [-0.05, 0) is 40.5 Å². The van der Waals surface area contributed by atoms with Crippen LogP contribution >= 0.6 is 15.9 Å². The van der Waals surface area contributed by atoms with Crippen molar-refractivity contribution in [2.75, 3.05) is 6.61 Å². The molecule has 0 atom stereocenters. The molecule has 22 heavy (non-hydrogen) atoms. The third-order valence-electron chi connectivity index (χ3n) is 3.71. The molecule has 0 aliphatic rings. The lowest BCUT2D eigenvalue weighted by Crippen LogP contribution is -1.98. The van der Waals surface area contributed by atoms with Crippen molar-refractivity contribution in [3.63, 3.8) is 0 Å². The Morgan fingerprint density at radius 3 is 2.55 bits per heavy atom. The Bertz CT molecular complexity index is 540. The molecule has 0 amide bonds. The number of hydrogen-bond donors (Lipinski definition) is 1. The summed E-state index contributed by atoms with van der Waals surface area (Å²) in [5, 5.41) is 0. The van der Waals surface area contributed by atoms with Crippen LogP contribution in [0, 0.1) is 0 Å². The predicted octanol–water partition coefficient (Wildman–Crippen LogP) is 5.97. The van der Waals surface area contributed by atoms with Gasteiger partial charge in [0.25, 0.3) is 0 Å². The Morgan fingerprint density at radius 2 is 1.86 bits per heavy atom. The van der Waals surface area contributed by atoms with Gasteiger partial charge in [0.05, 0.1) is 11.1 Å². The van der Waals surface area contributed by atoms with Crippen LogP contribution in [0.4, 0.5) is 0 Å². The average Bonchev–Trinajstić information content (AvgIpc) is 3.05. The van der Waals surface area contributed by atoms with Crippen LogP contribution in [0.1, 0.15) is 51.9 Å². The van der Waals surface area contributed by atoms with E-state index in [9.17, 15) is 0 Å². The first-order valence-corrected chi connectivity index (χ1v) is 9.02. The molecule has 1 aromatic carbocycles. The third-order valence-corrected chi connectivity index (χ3v) is 4.33. The molecule has 2 rings (SSSR count). The molecule has 2 aromatic rings. The fraction of sp³-hybridized carbons (Fsp3) is 0.500. The molecule has 0 unspecified atom stereocenters. The van der Waals surface area contributed by atoms with E-state index in [2.05, 4.69) is 32.8 Å². The smallest absolute Gasteiger partial charge is 0.137 e. The van der Waals surface area contributed by atoms with Crippen LogP contribution in [-0.4, -0.2) is 16.6 Å². The van der Waals surface area contributed by atoms with Gasteiger partial charge in [0.1, 0.15) is 11.6 Å². The molecule has 1 aromatic heterocycles. The summed E-state index contributed by atoms with van der Waals surface area (Å²) in [4.78, 5) is 7.37. The van der Waals surface area contributed by atoms with Gasteiger partial charge in [0, 0.05) is 18.0 Å². The molecule has 4 heteroatoms. The Labute approximate surface area is 141 Å². The summed E-state index contributed by atoms with van der Waals surface area (Å²) in [5.41, 5.74) is 1.06. The number of aromatic nitrogens is 2. The topological polar surface area (TPSA) is 37.9 Å². The maximum Gasteiger partial charge on any atom is 0.137 e. The SMILES string of the molecule is CCCCCCCCCOc1ccc(-c2ncc[nH]2)cc1Br. The number of H-pyrrole nitrogens is 1. The highest BCUT2D eigenvalue weighted by molar-refractivity contribution is 9.10. The lowest BCUT2D eigenvalue weighted by molar-refractivity contribution is 0.302. The van der Waals surface area contributed by atoms with E-state index >= 15 is 0 Å². The molecule has 1 heterocycles. The van der Waals surface area contributed by atoms with Gasteiger partial charge in [-0.3, -0.25) is 0 Å². The van der Waals surface area contributed by atoms with Gasteiger partial charge < -0.3 is 9.72 Å². The minimum atomic E-state index is 0.784. The van der Waals surface area contributed by atoms with Crippen molar-refractivity contribution in [3.05, 3.63) is 35.1 Å². The summed E-state index contributed by atoms with van der Waals surface area (Å²) >= 11 is 3.58. The summed E-state index contributed by atoms with van der Waals surface area (Å²) in [6.07, 6.45) is 12.7. The standard InChI is InChI=1S/C18H25BrN2O/c1-2-3-4-5-6-7-8-13-22-17-10-9-15(14-16(17)19)18-20-11-12-21-18/h9-12,14H,2-8,13H2,1H3,(H,20,21). The van der Waals surface area contributed by atoms with Crippen LogP contribution in [0.3, 0.4) is 0 Å². The van der Waals surface area contributed by atoms with Gasteiger partial charge in [0.2, 0.25) is 0 Å². The molecule has 0 aliphatic heterocycles. The number of nitrogens with one attached hydrogen (secondary N) is 1. The molecular formula is C18H25BrN2O. The number of unbranched alkanes of at least 4 members (excludes halogenated alkanes) is 6. The van der Waals surface area contributed by atoms with E-state index in [0.717, 1.165) is 34.6 Å². The molecule has 0 saturated heterocycles. The van der Waals surface area contributed by atoms with Crippen LogP contribution in [0.2, 0.25) is 0 Å². The summed E-state index contributed by atoms with van der Waals surface area (Å²) in [6.45, 7) is 3.04. The molecule has 3 nitrogen and oxygen atoms in total. The second-order valence-corrected chi connectivity index (χ2v) is 6.41. The van der Waals surface area contributed by atoms with Crippen LogP contribution in [0.5, 0.6) is 5.75 Å². The van der Waals surface area contributed by atoms with Crippen molar-refractivity contribution in [1.82, 2.24) is 9.97 Å². The van der Waals surface area contributed by atoms with Gasteiger partial charge in [-0.15, -0.1) is 0 Å². The quantitative estimate of drug-likeness (QED) is 0.527. The Hall–Kier alpha value is -1.29. The zero-order chi connectivity index (χ0) is 15.6. The lowest BCUT2D eigenvalue weighted by Gasteiger charge is -2.09. The number of hydrogen-bond acceptors (Lipinski definition) is 2. The second kappa shape index (κ2) is 9.67. The number of nitrogens with zero attached hydrogens (tertiary/aromatic N) is 1. The van der Waals surface area contributed by atoms with Crippen molar-refractivity contribution in [3.8, 4) is 17.1 Å². The van der Waals surface area contributed by atoms with Crippen LogP contribution < -0.4 is 4.74 Å². The first kappa shape index (κ1) is 17.1. The second-order valence-electron chi connectivity index (χ2n) is 5.55. The zero-order valence-electron chi connectivity index (χ0n) is 13.3. The van der Waals surface area contributed by atoms with Crippen molar-refractivity contribution >= 4 is 15.9 Å². The number of rotatable bonds is 10. The first-order valence-electron chi connectivity index (χ1n) is 8.23. The predicted molar refractivity (Wildman–Crippen MR) is 95.2 cm³/mol. The maximum atomic E-state index is 5.86. The largest absolute Gasteiger partial charge is 0.492 e. The maximum absolute atomic E-state index is 5.86. The highest BCUT2D eigenvalue weighted by atomic mass is 79.9. The molecule has 0 bridgehead atoms. The summed E-state index contributed by atoms with van der Waals surface area (Å²) in [7, 11) is 0. The third kappa shape index (κ3) is 5.48. The van der Waals surface area contributed by atoms with Gasteiger partial charge in [-0.25, -0.2) is 4.98 Å². The van der Waals surface area contributed by atoms with Gasteiger partial charge in [0.15, 0.2) is 0 Å². The number of halogens is 1. The fourth-order valence-corrected chi connectivity index (χ4v) is 2.92. The molecular weight excluding hydrogens is 340 g/mol. The molecule has 0 fully saturated rings. The van der Waals surface area contributed by atoms with E-state index in [1.165, 1.54) is 38.5 Å². The summed E-state index contributed by atoms with van der Waals surface area (Å²) in [5.74, 6) is 1.78. The zero-order valence-corrected chi connectivity index (χ0v) is 14.9. The van der Waals surface area contributed by atoms with E-state index in [-0.39, 0.29) is 0 Å². The van der Waals surface area contributed by atoms with Gasteiger partial charge in [-0.1, -0.05) is 45.4 Å². The van der Waals surface area contributed by atoms with Crippen molar-refractivity contribution in [2.45, 2.75) is 51.9 Å². The normalized spacial score (nSPS) is 10.8. The van der Waals surface area contributed by atoms with Crippen molar-refractivity contribution in [2.24, 2.45) is 0 Å². The Morgan fingerprint density at radius 1 is 1.09 bits per heavy atom. The van der Waals surface area contributed by atoms with Crippen LogP contribution in [0.15, 0.2) is 35.1 Å². The van der Waals surface area contributed by atoms with Crippen LogP contribution in [-0.2, 0) is 0 Å². The molecule has 0 spiro atoms. The van der Waals surface area contributed by atoms with Crippen LogP contribution in [0.25, 0.3) is 11.4 Å². The molecule has 0 radical (unpaired) electrons. The number of imidazole rings is 1. The highest BCUT2D eigenvalue weighted by Crippen LogP contribution is 2.29. The van der Waals surface area contributed by atoms with E-state index in [1.807, 2.05) is 24.4 Å². The minimum absolute atomic E-state index is 0.784. The van der Waals surface area contributed by atoms with E-state index in [4.69, 9.17) is 4.74 Å². The van der Waals surface area contributed by atoms with E-state index < -0.39 is 0 Å². The van der Waals surface area contributed by atoms with E-state index in [0.29, 0.717) is 0 Å². The molecule has 0 aliphatic carbocycles. The number of benzene rings is 1. The molecule has 120 valence electrons. The first-order chi connectivity index (χ1) is 10.8. The lowest BCUT2D eigenvalue weighted by atomic mass is 10.1. The van der Waals surface area contributed by atoms with Crippen molar-refractivity contribution < 1.29 is 4.74 Å². The van der Waals surface area contributed by atoms with E-state index in [1.54, 1.807) is 6.20 Å². The monoisotopic (exact) mass is 364 g/mol.